The number of amides is 8. The number of thiazole rings is 1. The van der Waals surface area contributed by atoms with Gasteiger partial charge < -0.3 is 133 Å². The number of aliphatic carboxylic acids is 1. The Kier molecular flexibility index (Phi) is 43.5. The van der Waals surface area contributed by atoms with Crippen molar-refractivity contribution in [3.8, 4) is 11.1 Å². The second-order valence-corrected chi connectivity index (χ2v) is 39.9. The molecule has 10 atom stereocenters. The first-order valence-electron chi connectivity index (χ1n) is 49.9. The van der Waals surface area contributed by atoms with Crippen LogP contribution in [0, 0.1) is 29.1 Å². The average Bonchev–Trinajstić information content (AvgIpc) is 0.825. The first-order valence-corrected chi connectivity index (χ1v) is 50.7. The molecule has 43 nitrogen and oxygen atoms in total. The van der Waals surface area contributed by atoms with E-state index in [1.165, 1.54) is 40.2 Å². The molecule has 3 aliphatic heterocycles. The number of methoxy groups -OCH3 is 1. The first-order chi connectivity index (χ1) is 70.2. The second kappa shape index (κ2) is 55.6. The summed E-state index contributed by atoms with van der Waals surface area (Å²) in [5.74, 6) is -7.39. The molecule has 13 rings (SSSR count). The van der Waals surface area contributed by atoms with Gasteiger partial charge in [-0.3, -0.25) is 48.5 Å². The third-order valence-electron chi connectivity index (χ3n) is 26.9. The molecule has 44 heteroatoms. The van der Waals surface area contributed by atoms with Crippen LogP contribution in [0.2, 0.25) is 0 Å². The Morgan fingerprint density at radius 3 is 1.82 bits per heavy atom. The van der Waals surface area contributed by atoms with Gasteiger partial charge in [-0.05, 0) is 165 Å². The van der Waals surface area contributed by atoms with Crippen LogP contribution < -0.4 is 26.2 Å². The number of carbonyl (C=O) groups is 10. The normalized spacial score (nSPS) is 21.6. The number of benzene rings is 3. The number of imide groups is 1. The van der Waals surface area contributed by atoms with Crippen molar-refractivity contribution in [2.75, 3.05) is 214 Å². The third-order valence-corrected chi connectivity index (χ3v) is 27.8. The van der Waals surface area contributed by atoms with E-state index in [-0.39, 0.29) is 125 Å². The van der Waals surface area contributed by atoms with Gasteiger partial charge in [-0.15, -0.1) is 0 Å². The van der Waals surface area contributed by atoms with Gasteiger partial charge in [0, 0.05) is 99.6 Å². The average molecular weight is 2060 g/mol. The van der Waals surface area contributed by atoms with Crippen LogP contribution in [0.5, 0.6) is 0 Å². The largest absolute Gasteiger partial charge is 0.479 e. The highest BCUT2D eigenvalue weighted by molar-refractivity contribution is 7.22. The number of hydrogen-bond donors (Lipinski definition) is 11. The maximum atomic E-state index is 14.6. The molecular weight excluding hydrogens is 1920 g/mol. The summed E-state index contributed by atoms with van der Waals surface area (Å²) in [6.45, 7) is 18.5. The molecule has 3 unspecified atom stereocenters. The number of aliphatic hydroxyl groups is 5. The van der Waals surface area contributed by atoms with Crippen molar-refractivity contribution in [1.82, 2.24) is 45.1 Å². The van der Waals surface area contributed by atoms with Crippen molar-refractivity contribution in [2.24, 2.45) is 22.2 Å². The summed E-state index contributed by atoms with van der Waals surface area (Å²) in [6.07, 6.45) is -2.39. The van der Waals surface area contributed by atoms with Crippen LogP contribution >= 0.6 is 11.3 Å². The highest BCUT2D eigenvalue weighted by Gasteiger charge is 2.66. The molecule has 3 aromatic heterocycles. The number of carbonyl (C=O) groups excluding carboxylic acids is 8. The molecule has 1 saturated heterocycles. The molecular formula is C102H142N12O31S. The van der Waals surface area contributed by atoms with E-state index in [9.17, 15) is 83.7 Å². The zero-order valence-electron chi connectivity index (χ0n) is 84.2. The van der Waals surface area contributed by atoms with Gasteiger partial charge >= 0.3 is 18.0 Å². The van der Waals surface area contributed by atoms with E-state index < -0.39 is 133 Å². The molecule has 7 aliphatic rings. The standard InChI is InChI=1S/C102H142N12O31S/c1-66(2)86(108-82(117)25-28-110(85(120)56-113-83(118)21-22-84(113)119)29-31-133-35-36-135-39-40-137-43-44-139-47-48-141-51-52-142-50-49-140-46-45-138-42-41-136-38-37-134-34-33-132-7)94(126)104-67(3)92(124)105-72-17-15-71(70(53-72)16-19-79-88(121)89(122)90(123)91(145-79)96(129)130)58-143-98(131)111(27-24-73(116)57-115)30-32-144-102-62-99(5)59-100(6,63-102)61-101(60-99,64-102)65-114-68(4)76(54-103-114)74-18-20-81(107-87(74)95(127)128)112-26-23-69-11-10-12-75(77(69)55-112)93(125)109-97-106-78-13-8-9-14-80(78)146-97/h8-15,17-18,20-22,53-54,66-67,73,79,86,88-91,115-116,121-123H,16,19,23-52,55-65H2,1-7H3,(H,104,126)(H,105,124)(H,108,117)(H,127,128)(H,129,130)(H,106,109,125)/t67-,73?,79-,86-,88-,89+,90-,91-,99?,100?,101?,102?/m0/s1. The van der Waals surface area contributed by atoms with E-state index in [1.54, 1.807) is 45.4 Å². The van der Waals surface area contributed by atoms with Gasteiger partial charge in [0.25, 0.3) is 17.7 Å². The number of aliphatic hydroxyl groups excluding tert-OH is 5. The maximum Gasteiger partial charge on any atom is 0.410 e. The third kappa shape index (κ3) is 32.7. The monoisotopic (exact) mass is 2060 g/mol. The number of ether oxygens (including phenoxy) is 14. The summed E-state index contributed by atoms with van der Waals surface area (Å²) in [7, 11) is 1.62. The number of aryl methyl sites for hydroxylation is 1. The van der Waals surface area contributed by atoms with Crippen molar-refractivity contribution in [3.63, 3.8) is 0 Å². The molecule has 5 fully saturated rings. The quantitative estimate of drug-likeness (QED) is 0.0170. The van der Waals surface area contributed by atoms with E-state index in [0.717, 1.165) is 76.2 Å². The summed E-state index contributed by atoms with van der Waals surface area (Å²) >= 11 is 1.39. The van der Waals surface area contributed by atoms with E-state index in [2.05, 4.69) is 40.1 Å². The summed E-state index contributed by atoms with van der Waals surface area (Å²) < 4.78 is 82.0. The fourth-order valence-corrected chi connectivity index (χ4v) is 21.6. The lowest BCUT2D eigenvalue weighted by Gasteiger charge is -2.69. The molecule has 4 bridgehead atoms. The number of para-hydroxylation sites is 1. The molecule has 8 amide bonds. The number of nitrogens with zero attached hydrogens (tertiary/aromatic N) is 8. The number of pyridine rings is 1. The van der Waals surface area contributed by atoms with Crippen molar-refractivity contribution >= 4 is 97.6 Å². The van der Waals surface area contributed by atoms with Gasteiger partial charge in [0.15, 0.2) is 16.9 Å². The molecule has 3 aromatic carbocycles. The van der Waals surface area contributed by atoms with Crippen molar-refractivity contribution in [1.29, 1.82) is 0 Å². The minimum absolute atomic E-state index is 0.00973. The topological polar surface area (TPSA) is 546 Å². The number of carboxylic acids is 2. The van der Waals surface area contributed by atoms with Gasteiger partial charge in [0.05, 0.1) is 186 Å². The van der Waals surface area contributed by atoms with Crippen LogP contribution in [0.1, 0.15) is 141 Å². The van der Waals surface area contributed by atoms with E-state index in [4.69, 9.17) is 76.4 Å². The van der Waals surface area contributed by atoms with Crippen molar-refractivity contribution in [3.05, 3.63) is 130 Å². The number of aromatic carboxylic acids is 1. The van der Waals surface area contributed by atoms with Crippen LogP contribution in [0.3, 0.4) is 0 Å². The minimum atomic E-state index is -1.97. The molecule has 4 saturated carbocycles. The molecule has 146 heavy (non-hydrogen) atoms. The Hall–Kier alpha value is -10.6. The van der Waals surface area contributed by atoms with Gasteiger partial charge in [0.2, 0.25) is 23.6 Å². The van der Waals surface area contributed by atoms with Gasteiger partial charge in [0.1, 0.15) is 49.4 Å². The second-order valence-electron chi connectivity index (χ2n) is 38.9. The predicted octanol–water partition coefficient (Wildman–Crippen LogP) is 5.30. The lowest BCUT2D eigenvalue weighted by Crippen LogP contribution is -2.64. The number of rotatable bonds is 65. The SMILES string of the molecule is COCCOCCOCCOCCOCCOCCOCCOCCOCCOCCOCCN(CCC(=O)N[C@H](C(=O)N[C@@H](C)C(=O)Nc1ccc(COC(=O)N(CCOC23CC4(C)CC(C)(CC(Cn5ncc(-c6ccc(N7CCc8cccc(C(=O)Nc9nc%10ccccc%10s9)c8C7)nc6C(=O)O)c5C)(C4)C2)C3)CCC(O)CO)c(CC[C@@H]2O[C@H](C(=O)O)[C@@H](O)[C@H](O)[C@H]2O)c1)C(C)C)C(=O)CN1C(=O)C=CC1=O. The Morgan fingerprint density at radius 1 is 0.623 bits per heavy atom. The minimum Gasteiger partial charge on any atom is -0.479 e. The summed E-state index contributed by atoms with van der Waals surface area (Å²) in [5.41, 5.74) is 4.34. The summed E-state index contributed by atoms with van der Waals surface area (Å²) in [6, 6.07) is 19.0. The lowest BCUT2D eigenvalue weighted by molar-refractivity contribution is -0.248. The molecule has 802 valence electrons. The Bertz CT molecular complexity index is 5300. The first kappa shape index (κ1) is 114. The highest BCUT2D eigenvalue weighted by Crippen LogP contribution is 2.72. The zero-order valence-corrected chi connectivity index (χ0v) is 85.0. The van der Waals surface area contributed by atoms with E-state index in [0.29, 0.717) is 177 Å². The van der Waals surface area contributed by atoms with Crippen LogP contribution in [-0.2, 0) is 132 Å². The smallest absolute Gasteiger partial charge is 0.410 e. The highest BCUT2D eigenvalue weighted by atomic mass is 32.1. The molecule has 11 N–H and O–H groups in total. The van der Waals surface area contributed by atoms with Gasteiger partial charge in [-0.25, -0.2) is 24.4 Å². The van der Waals surface area contributed by atoms with E-state index in [1.807, 2.05) is 59.0 Å². The number of aromatic nitrogens is 4. The maximum absolute atomic E-state index is 14.6. The Labute approximate surface area is 852 Å². The molecule has 0 spiro atoms. The predicted molar refractivity (Wildman–Crippen MR) is 530 cm³/mol. The molecule has 0 radical (unpaired) electrons. The van der Waals surface area contributed by atoms with Crippen LogP contribution in [0.4, 0.5) is 21.4 Å². The molecule has 6 heterocycles. The lowest BCUT2D eigenvalue weighted by atomic mass is 9.39. The van der Waals surface area contributed by atoms with Gasteiger partial charge in [-0.1, -0.05) is 69.4 Å². The molecule has 4 aliphatic carbocycles. The van der Waals surface area contributed by atoms with Gasteiger partial charge in [-0.2, -0.15) is 5.10 Å². The molecule has 6 aromatic rings. The number of nitrogens with one attached hydrogen (secondary N) is 4. The summed E-state index contributed by atoms with van der Waals surface area (Å²) in [5, 5.41) is 90.5. The van der Waals surface area contributed by atoms with Crippen LogP contribution in [-0.4, -0.2) is 382 Å². The zero-order chi connectivity index (χ0) is 105. The summed E-state index contributed by atoms with van der Waals surface area (Å²) in [4.78, 5) is 150. The number of carboxylic acid groups (broad SMARTS) is 2. The number of hydrogen-bond acceptors (Lipinski definition) is 34. The fraction of sp³-hybridized carbons (Fsp3) is 0.618. The Balaban J connectivity index is 0.605. The Morgan fingerprint density at radius 2 is 1.23 bits per heavy atom. The van der Waals surface area contributed by atoms with Crippen LogP contribution in [0.25, 0.3) is 21.3 Å². The fourth-order valence-electron chi connectivity index (χ4n) is 20.7. The number of fused-ring (bicyclic) bond motifs is 2. The van der Waals surface area contributed by atoms with Crippen molar-refractivity contribution < 1.29 is 150 Å². The van der Waals surface area contributed by atoms with Crippen molar-refractivity contribution in [2.45, 2.75) is 186 Å². The van der Waals surface area contributed by atoms with Crippen LogP contribution in [0.15, 0.2) is 91.1 Å². The van der Waals surface area contributed by atoms with E-state index >= 15 is 0 Å². The number of anilines is 3.